The molecular formula is C14H12F3N3. The topological polar surface area (TPSA) is 22.2 Å². The highest BCUT2D eigenvalue weighted by atomic mass is 19.4. The van der Waals surface area contributed by atoms with E-state index in [2.05, 4.69) is 4.98 Å². The van der Waals surface area contributed by atoms with Gasteiger partial charge in [-0.05, 0) is 19.1 Å². The predicted octanol–water partition coefficient (Wildman–Crippen LogP) is 3.84. The first-order chi connectivity index (χ1) is 9.50. The Balaban J connectivity index is 2.18. The van der Waals surface area contributed by atoms with Crippen molar-refractivity contribution >= 4 is 5.65 Å². The van der Waals surface area contributed by atoms with Crippen molar-refractivity contribution in [2.45, 2.75) is 19.6 Å². The van der Waals surface area contributed by atoms with Gasteiger partial charge in [0.15, 0.2) is 5.65 Å². The van der Waals surface area contributed by atoms with Crippen LogP contribution in [-0.2, 0) is 12.7 Å². The summed E-state index contributed by atoms with van der Waals surface area (Å²) in [4.78, 5) is 4.22. The number of hydrogen-bond acceptors (Lipinski definition) is 1. The summed E-state index contributed by atoms with van der Waals surface area (Å²) in [6.07, 6.45) is -0.886. The Hall–Kier alpha value is -2.24. The molecule has 1 aromatic carbocycles. The number of aromatic nitrogens is 3. The van der Waals surface area contributed by atoms with Gasteiger partial charge >= 0.3 is 6.18 Å². The molecule has 0 aliphatic heterocycles. The molecule has 0 amide bonds. The van der Waals surface area contributed by atoms with Gasteiger partial charge in [0, 0.05) is 24.4 Å². The molecular weight excluding hydrogens is 267 g/mol. The van der Waals surface area contributed by atoms with Gasteiger partial charge in [-0.15, -0.1) is 0 Å². The van der Waals surface area contributed by atoms with Crippen molar-refractivity contribution in [1.29, 1.82) is 0 Å². The Morgan fingerprint density at radius 2 is 2.00 bits per heavy atom. The van der Waals surface area contributed by atoms with Crippen molar-refractivity contribution in [3.05, 3.63) is 48.3 Å². The monoisotopic (exact) mass is 279 g/mol. The van der Waals surface area contributed by atoms with Crippen molar-refractivity contribution in [2.75, 3.05) is 0 Å². The lowest BCUT2D eigenvalue weighted by molar-refractivity contribution is -0.137. The first-order valence-corrected chi connectivity index (χ1v) is 6.21. The lowest BCUT2D eigenvalue weighted by Gasteiger charge is -2.09. The zero-order valence-corrected chi connectivity index (χ0v) is 10.7. The summed E-state index contributed by atoms with van der Waals surface area (Å²) in [6.45, 7) is 2.68. The Labute approximate surface area is 113 Å². The van der Waals surface area contributed by atoms with E-state index in [9.17, 15) is 13.2 Å². The zero-order valence-electron chi connectivity index (χ0n) is 10.7. The molecule has 0 unspecified atom stereocenters. The van der Waals surface area contributed by atoms with Crippen LogP contribution in [0.5, 0.6) is 0 Å². The summed E-state index contributed by atoms with van der Waals surface area (Å²) in [5, 5.41) is 0. The lowest BCUT2D eigenvalue weighted by atomic mass is 10.1. The van der Waals surface area contributed by atoms with E-state index >= 15 is 0 Å². The van der Waals surface area contributed by atoms with Crippen LogP contribution < -0.4 is 0 Å². The lowest BCUT2D eigenvalue weighted by Crippen LogP contribution is -2.06. The number of halogens is 3. The summed E-state index contributed by atoms with van der Waals surface area (Å²) in [5.41, 5.74) is 1.22. The van der Waals surface area contributed by atoms with Crippen LogP contribution in [0.25, 0.3) is 16.9 Å². The Kier molecular flexibility index (Phi) is 2.81. The molecule has 0 fully saturated rings. The highest BCUT2D eigenvalue weighted by Crippen LogP contribution is 2.32. The minimum Gasteiger partial charge on any atom is -0.287 e. The summed E-state index contributed by atoms with van der Waals surface area (Å²) in [7, 11) is 0. The van der Waals surface area contributed by atoms with E-state index in [1.807, 2.05) is 28.4 Å². The van der Waals surface area contributed by atoms with Crippen molar-refractivity contribution in [3.63, 3.8) is 0 Å². The highest BCUT2D eigenvalue weighted by Gasteiger charge is 2.30. The van der Waals surface area contributed by atoms with Crippen LogP contribution in [0.15, 0.2) is 42.7 Å². The SMILES string of the molecule is CCn1ccc2ncc(-c3cccc(C(F)(F)F)c3)n21. The van der Waals surface area contributed by atoms with Gasteiger partial charge in [-0.3, -0.25) is 4.68 Å². The molecule has 3 aromatic rings. The van der Waals surface area contributed by atoms with E-state index in [0.717, 1.165) is 17.8 Å². The second-order valence-corrected chi connectivity index (χ2v) is 4.46. The van der Waals surface area contributed by atoms with Gasteiger partial charge in [0.1, 0.15) is 0 Å². The van der Waals surface area contributed by atoms with Crippen LogP contribution >= 0.6 is 0 Å². The van der Waals surface area contributed by atoms with Crippen LogP contribution in [0, 0.1) is 0 Å². The van der Waals surface area contributed by atoms with Crippen LogP contribution in [0.1, 0.15) is 12.5 Å². The number of nitrogens with zero attached hydrogens (tertiary/aromatic N) is 3. The zero-order chi connectivity index (χ0) is 14.3. The molecule has 0 radical (unpaired) electrons. The van der Waals surface area contributed by atoms with E-state index < -0.39 is 11.7 Å². The van der Waals surface area contributed by atoms with Crippen molar-refractivity contribution < 1.29 is 13.2 Å². The van der Waals surface area contributed by atoms with E-state index in [4.69, 9.17) is 0 Å². The van der Waals surface area contributed by atoms with Crippen LogP contribution in [0.4, 0.5) is 13.2 Å². The third-order valence-electron chi connectivity index (χ3n) is 3.23. The van der Waals surface area contributed by atoms with E-state index in [0.29, 0.717) is 17.8 Å². The number of alkyl halides is 3. The first kappa shape index (κ1) is 12.8. The molecule has 3 rings (SSSR count). The molecule has 0 aliphatic rings. The van der Waals surface area contributed by atoms with E-state index in [1.165, 1.54) is 6.07 Å². The Morgan fingerprint density at radius 3 is 2.70 bits per heavy atom. The van der Waals surface area contributed by atoms with Gasteiger partial charge < -0.3 is 0 Å². The molecule has 0 bridgehead atoms. The highest BCUT2D eigenvalue weighted by molar-refractivity contribution is 5.64. The van der Waals surface area contributed by atoms with E-state index in [1.54, 1.807) is 12.3 Å². The fourth-order valence-corrected chi connectivity index (χ4v) is 2.26. The summed E-state index contributed by atoms with van der Waals surface area (Å²) in [5.74, 6) is 0. The predicted molar refractivity (Wildman–Crippen MR) is 69.3 cm³/mol. The number of rotatable bonds is 2. The molecule has 0 N–H and O–H groups in total. The average Bonchev–Trinajstić information content (AvgIpc) is 2.98. The van der Waals surface area contributed by atoms with Crippen molar-refractivity contribution in [1.82, 2.24) is 14.2 Å². The maximum Gasteiger partial charge on any atom is 0.416 e. The smallest absolute Gasteiger partial charge is 0.287 e. The van der Waals surface area contributed by atoms with Crippen LogP contribution in [0.2, 0.25) is 0 Å². The Bertz CT molecular complexity index is 752. The fraction of sp³-hybridized carbons (Fsp3) is 0.214. The molecule has 6 heteroatoms. The third-order valence-corrected chi connectivity index (χ3v) is 3.23. The van der Waals surface area contributed by atoms with Crippen LogP contribution in [0.3, 0.4) is 0 Å². The second-order valence-electron chi connectivity index (χ2n) is 4.46. The van der Waals surface area contributed by atoms with Gasteiger partial charge in [0.05, 0.1) is 17.5 Å². The van der Waals surface area contributed by atoms with Gasteiger partial charge in [-0.2, -0.15) is 13.2 Å². The maximum absolute atomic E-state index is 12.8. The normalized spacial score (nSPS) is 12.2. The maximum atomic E-state index is 12.8. The molecule has 0 saturated heterocycles. The summed E-state index contributed by atoms with van der Waals surface area (Å²) in [6, 6.07) is 7.13. The molecule has 20 heavy (non-hydrogen) atoms. The Morgan fingerprint density at radius 1 is 1.20 bits per heavy atom. The van der Waals surface area contributed by atoms with E-state index in [-0.39, 0.29) is 0 Å². The largest absolute Gasteiger partial charge is 0.416 e. The molecule has 0 aliphatic carbocycles. The van der Waals surface area contributed by atoms with Gasteiger partial charge in [-0.1, -0.05) is 12.1 Å². The van der Waals surface area contributed by atoms with Crippen molar-refractivity contribution in [3.8, 4) is 11.3 Å². The van der Waals surface area contributed by atoms with Gasteiger partial charge in [0.25, 0.3) is 0 Å². The molecule has 104 valence electrons. The average molecular weight is 279 g/mol. The first-order valence-electron chi connectivity index (χ1n) is 6.21. The number of hydrogen-bond donors (Lipinski definition) is 0. The molecule has 0 atom stereocenters. The summed E-state index contributed by atoms with van der Waals surface area (Å²) < 4.78 is 42.1. The van der Waals surface area contributed by atoms with Crippen molar-refractivity contribution in [2.24, 2.45) is 0 Å². The number of fused-ring (bicyclic) bond motifs is 1. The molecule has 2 heterocycles. The molecule has 3 nitrogen and oxygen atoms in total. The van der Waals surface area contributed by atoms with Gasteiger partial charge in [-0.25, -0.2) is 9.50 Å². The van der Waals surface area contributed by atoms with Crippen LogP contribution in [-0.4, -0.2) is 14.2 Å². The molecule has 2 aromatic heterocycles. The second kappa shape index (κ2) is 4.40. The minimum atomic E-state index is -4.34. The number of aryl methyl sites for hydroxylation is 1. The van der Waals surface area contributed by atoms with Gasteiger partial charge in [0.2, 0.25) is 0 Å². The standard InChI is InChI=1S/C14H12F3N3/c1-2-19-7-6-13-18-9-12(20(13)19)10-4-3-5-11(8-10)14(15,16)17/h3-9H,2H2,1H3. The molecule has 0 saturated carbocycles. The number of imidazole rings is 1. The quantitative estimate of drug-likeness (QED) is 0.698. The molecule has 0 spiro atoms. The number of benzene rings is 1. The minimum absolute atomic E-state index is 0.501. The summed E-state index contributed by atoms with van der Waals surface area (Å²) >= 11 is 0. The fourth-order valence-electron chi connectivity index (χ4n) is 2.26. The third kappa shape index (κ3) is 1.97.